The molecule has 0 aromatic heterocycles. The zero-order valence-corrected chi connectivity index (χ0v) is 19.0. The van der Waals surface area contributed by atoms with Crippen molar-refractivity contribution in [3.8, 4) is 11.5 Å². The van der Waals surface area contributed by atoms with Crippen molar-refractivity contribution in [1.29, 1.82) is 0 Å². The highest BCUT2D eigenvalue weighted by Gasteiger charge is 2.30. The first-order valence-corrected chi connectivity index (χ1v) is 10.6. The molecule has 168 valence electrons. The van der Waals surface area contributed by atoms with Crippen LogP contribution in [-0.2, 0) is 9.59 Å². The van der Waals surface area contributed by atoms with E-state index in [0.717, 1.165) is 12.0 Å². The van der Waals surface area contributed by atoms with Crippen molar-refractivity contribution in [1.82, 2.24) is 0 Å². The fourth-order valence-electron chi connectivity index (χ4n) is 3.92. The summed E-state index contributed by atoms with van der Waals surface area (Å²) < 4.78 is 0. The van der Waals surface area contributed by atoms with E-state index < -0.39 is 5.92 Å². The molecule has 1 aliphatic carbocycles. The number of nitrogens with zero attached hydrogens (tertiary/aromatic N) is 2. The van der Waals surface area contributed by atoms with E-state index in [1.54, 1.807) is 41.3 Å². The van der Waals surface area contributed by atoms with E-state index in [1.807, 2.05) is 45.2 Å². The Morgan fingerprint density at radius 2 is 1.50 bits per heavy atom. The number of hydrogen-bond acceptors (Lipinski definition) is 6. The molecule has 0 radical (unpaired) electrons. The zero-order chi connectivity index (χ0) is 23.4. The first-order valence-electron chi connectivity index (χ1n) is 10.6. The van der Waals surface area contributed by atoms with E-state index >= 15 is 0 Å². The largest absolute Gasteiger partial charge is 0.506 e. The maximum atomic E-state index is 13.0. The van der Waals surface area contributed by atoms with Crippen LogP contribution in [0.5, 0.6) is 11.5 Å². The summed E-state index contributed by atoms with van der Waals surface area (Å²) in [6.07, 6.45) is 6.71. The Bertz CT molecular complexity index is 1080. The van der Waals surface area contributed by atoms with Gasteiger partial charge in [0.15, 0.2) is 11.6 Å². The van der Waals surface area contributed by atoms with E-state index in [9.17, 15) is 19.8 Å². The molecule has 0 amide bonds. The highest BCUT2D eigenvalue weighted by molar-refractivity contribution is 6.16. The molecule has 1 unspecified atom stereocenters. The molecule has 2 aromatic rings. The quantitative estimate of drug-likeness (QED) is 0.522. The van der Waals surface area contributed by atoms with Crippen LogP contribution in [0.25, 0.3) is 12.2 Å². The van der Waals surface area contributed by atoms with Gasteiger partial charge in [0, 0.05) is 28.2 Å². The first kappa shape index (κ1) is 23.1. The second-order valence-electron chi connectivity index (χ2n) is 8.50. The number of phenols is 2. The summed E-state index contributed by atoms with van der Waals surface area (Å²) in [7, 11) is 7.37. The topological polar surface area (TPSA) is 81.1 Å². The first-order chi connectivity index (χ1) is 15.2. The van der Waals surface area contributed by atoms with E-state index in [4.69, 9.17) is 0 Å². The lowest BCUT2D eigenvalue weighted by atomic mass is 9.81. The van der Waals surface area contributed by atoms with Gasteiger partial charge in [0.25, 0.3) is 0 Å². The smallest absolute Gasteiger partial charge is 0.169 e. The van der Waals surface area contributed by atoms with E-state index in [1.165, 1.54) is 6.08 Å². The van der Waals surface area contributed by atoms with Gasteiger partial charge in [-0.2, -0.15) is 0 Å². The predicted molar refractivity (Wildman–Crippen MR) is 129 cm³/mol. The zero-order valence-electron chi connectivity index (χ0n) is 19.0. The number of phenolic OH excluding ortho intramolecular Hbond substituents is 2. The third-order valence-corrected chi connectivity index (χ3v) is 5.66. The Kier molecular flexibility index (Phi) is 7.03. The summed E-state index contributed by atoms with van der Waals surface area (Å²) in [5.41, 5.74) is 3.42. The SMILES string of the molecule is CN(C)c1ccc(/C=C2/CCCC(C(=O)/C=C/c3ccc(N(C)C)c(O)c3)C2=O)cc1O. The second kappa shape index (κ2) is 9.73. The molecule has 1 atom stereocenters. The van der Waals surface area contributed by atoms with Crippen molar-refractivity contribution in [2.24, 2.45) is 5.92 Å². The molecule has 0 aliphatic heterocycles. The molecule has 1 aliphatic rings. The van der Waals surface area contributed by atoms with Gasteiger partial charge in [-0.3, -0.25) is 9.59 Å². The average molecular weight is 435 g/mol. The lowest BCUT2D eigenvalue weighted by molar-refractivity contribution is -0.129. The highest BCUT2D eigenvalue weighted by Crippen LogP contribution is 2.31. The second-order valence-corrected chi connectivity index (χ2v) is 8.50. The molecule has 0 heterocycles. The van der Waals surface area contributed by atoms with E-state index in [-0.39, 0.29) is 23.1 Å². The molecule has 3 rings (SSSR count). The Balaban J connectivity index is 1.75. The summed E-state index contributed by atoms with van der Waals surface area (Å²) in [6.45, 7) is 0. The fourth-order valence-corrected chi connectivity index (χ4v) is 3.92. The van der Waals surface area contributed by atoms with Crippen LogP contribution in [0.3, 0.4) is 0 Å². The van der Waals surface area contributed by atoms with Gasteiger partial charge in [-0.05, 0) is 72.4 Å². The number of anilines is 2. The molecule has 2 aromatic carbocycles. The number of ketones is 2. The number of benzene rings is 2. The fraction of sp³-hybridized carbons (Fsp3) is 0.308. The number of carbonyl (C=O) groups is 2. The molecule has 0 saturated heterocycles. The molecular weight excluding hydrogens is 404 g/mol. The summed E-state index contributed by atoms with van der Waals surface area (Å²) in [4.78, 5) is 29.4. The maximum absolute atomic E-state index is 13.0. The average Bonchev–Trinajstić information content (AvgIpc) is 2.73. The minimum absolute atomic E-state index is 0.132. The summed E-state index contributed by atoms with van der Waals surface area (Å²) in [6, 6.07) is 10.5. The summed E-state index contributed by atoms with van der Waals surface area (Å²) in [5, 5.41) is 20.3. The summed E-state index contributed by atoms with van der Waals surface area (Å²) in [5.74, 6) is -0.815. The number of allylic oxidation sites excluding steroid dienone is 2. The number of aromatic hydroxyl groups is 2. The van der Waals surface area contributed by atoms with Crippen molar-refractivity contribution in [2.75, 3.05) is 38.0 Å². The molecule has 0 bridgehead atoms. The van der Waals surface area contributed by atoms with Crippen LogP contribution in [-0.4, -0.2) is 50.0 Å². The van der Waals surface area contributed by atoms with Crippen LogP contribution < -0.4 is 9.80 Å². The lowest BCUT2D eigenvalue weighted by Gasteiger charge is -2.21. The normalized spacial score (nSPS) is 17.7. The monoisotopic (exact) mass is 434 g/mol. The molecule has 1 fully saturated rings. The molecule has 6 heteroatoms. The number of Topliss-reactive ketones (excluding diaryl/α,β-unsaturated/α-hetero) is 1. The predicted octanol–water partition coefficient (Wildman–Crippen LogP) is 4.26. The van der Waals surface area contributed by atoms with Crippen LogP contribution >= 0.6 is 0 Å². The molecule has 1 saturated carbocycles. The number of hydrogen-bond donors (Lipinski definition) is 2. The van der Waals surface area contributed by atoms with Crippen LogP contribution in [0.15, 0.2) is 48.0 Å². The van der Waals surface area contributed by atoms with Gasteiger partial charge in [0.2, 0.25) is 0 Å². The van der Waals surface area contributed by atoms with Gasteiger partial charge in [-0.15, -0.1) is 0 Å². The summed E-state index contributed by atoms with van der Waals surface area (Å²) >= 11 is 0. The molecule has 6 nitrogen and oxygen atoms in total. The van der Waals surface area contributed by atoms with Gasteiger partial charge in [-0.25, -0.2) is 0 Å². The third-order valence-electron chi connectivity index (χ3n) is 5.66. The highest BCUT2D eigenvalue weighted by atomic mass is 16.3. The Hall–Kier alpha value is -3.54. The Labute approximate surface area is 189 Å². The van der Waals surface area contributed by atoms with E-state index in [2.05, 4.69) is 0 Å². The molecule has 0 spiro atoms. The van der Waals surface area contributed by atoms with Crippen molar-refractivity contribution < 1.29 is 19.8 Å². The van der Waals surface area contributed by atoms with Crippen LogP contribution in [0.2, 0.25) is 0 Å². The van der Waals surface area contributed by atoms with Crippen LogP contribution in [0.4, 0.5) is 11.4 Å². The van der Waals surface area contributed by atoms with Crippen molar-refractivity contribution in [3.05, 3.63) is 59.2 Å². The van der Waals surface area contributed by atoms with Gasteiger partial charge in [0.05, 0.1) is 17.3 Å². The van der Waals surface area contributed by atoms with Gasteiger partial charge >= 0.3 is 0 Å². The molecule has 32 heavy (non-hydrogen) atoms. The van der Waals surface area contributed by atoms with E-state index in [0.29, 0.717) is 35.4 Å². The minimum Gasteiger partial charge on any atom is -0.506 e. The Morgan fingerprint density at radius 1 is 0.938 bits per heavy atom. The van der Waals surface area contributed by atoms with Crippen molar-refractivity contribution in [2.45, 2.75) is 19.3 Å². The van der Waals surface area contributed by atoms with Crippen LogP contribution in [0, 0.1) is 5.92 Å². The van der Waals surface area contributed by atoms with Crippen LogP contribution in [0.1, 0.15) is 30.4 Å². The third kappa shape index (κ3) is 5.19. The lowest BCUT2D eigenvalue weighted by Crippen LogP contribution is -2.27. The van der Waals surface area contributed by atoms with Gasteiger partial charge in [0.1, 0.15) is 11.5 Å². The molecular formula is C26H30N2O4. The molecule has 2 N–H and O–H groups in total. The minimum atomic E-state index is -0.699. The van der Waals surface area contributed by atoms with Gasteiger partial charge in [-0.1, -0.05) is 18.2 Å². The number of rotatable bonds is 6. The standard InChI is InChI=1S/C26H30N2O4/c1-27(2)21-11-8-17(15-24(21)30)10-13-23(29)20-7-5-6-19(26(20)32)14-18-9-12-22(28(3)4)25(31)16-18/h8-16,20,30-31H,5-7H2,1-4H3/b13-10+,19-14-. The van der Waals surface area contributed by atoms with Gasteiger partial charge < -0.3 is 20.0 Å². The van der Waals surface area contributed by atoms with Crippen molar-refractivity contribution in [3.63, 3.8) is 0 Å². The van der Waals surface area contributed by atoms with Crippen molar-refractivity contribution >= 4 is 35.1 Å². The number of carbonyl (C=O) groups excluding carboxylic acids is 2. The maximum Gasteiger partial charge on any atom is 0.169 e. The Morgan fingerprint density at radius 3 is 2.06 bits per heavy atom.